The number of thiocarbonyl (C=S) groups is 1. The Morgan fingerprint density at radius 3 is 2.67 bits per heavy atom. The van der Waals surface area contributed by atoms with Crippen LogP contribution in [0.25, 0.3) is 6.08 Å². The summed E-state index contributed by atoms with van der Waals surface area (Å²) in [4.78, 5) is 15.4. The Morgan fingerprint density at radius 1 is 1.48 bits per heavy atom. The maximum Gasteiger partial charge on any atom is 0.276 e. The van der Waals surface area contributed by atoms with E-state index in [9.17, 15) is 9.90 Å². The zero-order chi connectivity index (χ0) is 15.7. The molecule has 1 aliphatic heterocycles. The van der Waals surface area contributed by atoms with Crippen LogP contribution in [0, 0.1) is 0 Å². The van der Waals surface area contributed by atoms with E-state index in [0.717, 1.165) is 0 Å². The van der Waals surface area contributed by atoms with Gasteiger partial charge in [0.25, 0.3) is 5.91 Å². The fraction of sp³-hybridized carbons (Fsp3) is 0.286. The van der Waals surface area contributed by atoms with E-state index in [1.807, 2.05) is 6.92 Å². The van der Waals surface area contributed by atoms with Crippen LogP contribution >= 0.6 is 23.8 Å². The second kappa shape index (κ2) is 5.91. The Morgan fingerprint density at radius 2 is 2.14 bits per heavy atom. The summed E-state index contributed by atoms with van der Waals surface area (Å²) in [5.41, 5.74) is 1.09. The number of halogens is 1. The number of aromatic hydroxyl groups is 1. The molecule has 1 fully saturated rings. The van der Waals surface area contributed by atoms with E-state index in [1.54, 1.807) is 30.2 Å². The predicted molar refractivity (Wildman–Crippen MR) is 85.4 cm³/mol. The number of carbonyl (C=O) groups excluding carboxylic acids is 1. The first-order valence-electron chi connectivity index (χ1n) is 6.28. The van der Waals surface area contributed by atoms with Gasteiger partial charge < -0.3 is 14.7 Å². The minimum absolute atomic E-state index is 0.127. The highest BCUT2D eigenvalue weighted by molar-refractivity contribution is 7.80. The summed E-state index contributed by atoms with van der Waals surface area (Å²) in [6.07, 6.45) is 1.66. The van der Waals surface area contributed by atoms with E-state index in [4.69, 9.17) is 28.6 Å². The molecule has 0 radical (unpaired) electrons. The number of ether oxygens (including phenoxy) is 1. The molecule has 1 heterocycles. The highest BCUT2D eigenvalue weighted by Crippen LogP contribution is 2.36. The zero-order valence-electron chi connectivity index (χ0n) is 11.9. The molecule has 5 nitrogen and oxygen atoms in total. The van der Waals surface area contributed by atoms with Crippen molar-refractivity contribution in [3.05, 3.63) is 28.4 Å². The van der Waals surface area contributed by atoms with Gasteiger partial charge in [-0.1, -0.05) is 11.6 Å². The summed E-state index contributed by atoms with van der Waals surface area (Å²) in [6, 6.07) is 3.16. The molecule has 0 saturated carbocycles. The summed E-state index contributed by atoms with van der Waals surface area (Å²) in [6.45, 7) is 2.38. The first-order valence-corrected chi connectivity index (χ1v) is 7.07. The predicted octanol–water partition coefficient (Wildman–Crippen LogP) is 2.47. The van der Waals surface area contributed by atoms with Crippen LogP contribution in [-0.4, -0.2) is 46.6 Å². The van der Waals surface area contributed by atoms with Gasteiger partial charge in [-0.25, -0.2) is 0 Å². The molecule has 1 saturated heterocycles. The maximum absolute atomic E-state index is 12.3. The maximum atomic E-state index is 12.3. The van der Waals surface area contributed by atoms with Crippen molar-refractivity contribution in [2.24, 2.45) is 0 Å². The Hall–Kier alpha value is -1.79. The van der Waals surface area contributed by atoms with Gasteiger partial charge in [0.05, 0.1) is 12.1 Å². The van der Waals surface area contributed by atoms with Crippen molar-refractivity contribution in [2.45, 2.75) is 6.92 Å². The number of carbonyl (C=O) groups is 1. The molecule has 0 bridgehead atoms. The molecule has 0 aliphatic carbocycles. The number of rotatable bonds is 3. The first-order chi connectivity index (χ1) is 9.90. The van der Waals surface area contributed by atoms with Crippen LogP contribution in [0.15, 0.2) is 17.8 Å². The third kappa shape index (κ3) is 2.69. The molecule has 0 spiro atoms. The van der Waals surface area contributed by atoms with Crippen molar-refractivity contribution >= 4 is 40.9 Å². The lowest BCUT2D eigenvalue weighted by molar-refractivity contribution is -0.122. The third-order valence-electron chi connectivity index (χ3n) is 3.23. The van der Waals surface area contributed by atoms with Crippen molar-refractivity contribution in [1.29, 1.82) is 0 Å². The average Bonchev–Trinajstić information content (AvgIpc) is 2.66. The van der Waals surface area contributed by atoms with Gasteiger partial charge in [0.15, 0.2) is 16.6 Å². The third-order valence-corrected chi connectivity index (χ3v) is 4.02. The highest BCUT2D eigenvalue weighted by Gasteiger charge is 2.34. The molecule has 1 N–H and O–H groups in total. The Balaban J connectivity index is 2.47. The van der Waals surface area contributed by atoms with E-state index in [2.05, 4.69) is 0 Å². The molecule has 1 aromatic carbocycles. The quantitative estimate of drug-likeness (QED) is 0.683. The molecule has 21 heavy (non-hydrogen) atoms. The highest BCUT2D eigenvalue weighted by atomic mass is 35.5. The van der Waals surface area contributed by atoms with Crippen LogP contribution in [0.4, 0.5) is 0 Å². The number of hydrogen-bond donors (Lipinski definition) is 1. The zero-order valence-corrected chi connectivity index (χ0v) is 13.5. The SMILES string of the molecule is CCN1C(=O)/C(=C/c2cc(Cl)c(O)c(OC)c2)N(C)C1=S. The van der Waals surface area contributed by atoms with Gasteiger partial charge in [0.2, 0.25) is 0 Å². The standard InChI is InChI=1S/C14H15ClN2O3S/c1-4-17-13(19)10(16(2)14(17)21)6-8-5-9(15)12(18)11(7-8)20-3/h5-7,18H,4H2,1-3H3/b10-6-. The minimum atomic E-state index is -0.159. The van der Waals surface area contributed by atoms with E-state index in [-0.39, 0.29) is 22.4 Å². The van der Waals surface area contributed by atoms with Gasteiger partial charge in [-0.2, -0.15) is 0 Å². The lowest BCUT2D eigenvalue weighted by Crippen LogP contribution is -2.30. The molecule has 1 amide bonds. The van der Waals surface area contributed by atoms with Gasteiger partial charge in [-0.05, 0) is 42.9 Å². The van der Waals surface area contributed by atoms with E-state index in [1.165, 1.54) is 12.0 Å². The van der Waals surface area contributed by atoms with Gasteiger partial charge in [0.1, 0.15) is 5.70 Å². The summed E-state index contributed by atoms with van der Waals surface area (Å²) >= 11 is 11.2. The minimum Gasteiger partial charge on any atom is -0.503 e. The number of methoxy groups -OCH3 is 1. The molecule has 1 aliphatic rings. The monoisotopic (exact) mass is 326 g/mol. The van der Waals surface area contributed by atoms with E-state index < -0.39 is 0 Å². The van der Waals surface area contributed by atoms with Crippen molar-refractivity contribution < 1.29 is 14.6 Å². The lowest BCUT2D eigenvalue weighted by Gasteiger charge is -2.13. The molecule has 0 atom stereocenters. The van der Waals surface area contributed by atoms with Gasteiger partial charge in [0, 0.05) is 13.6 Å². The summed E-state index contributed by atoms with van der Waals surface area (Å²) in [5.74, 6) is -0.0383. The molecule has 0 unspecified atom stereocenters. The molecule has 112 valence electrons. The van der Waals surface area contributed by atoms with E-state index >= 15 is 0 Å². The van der Waals surface area contributed by atoms with Gasteiger partial charge in [-0.3, -0.25) is 9.69 Å². The second-order valence-corrected chi connectivity index (χ2v) is 5.25. The summed E-state index contributed by atoms with van der Waals surface area (Å²) < 4.78 is 5.05. The fourth-order valence-corrected chi connectivity index (χ4v) is 2.61. The number of benzene rings is 1. The number of nitrogens with zero attached hydrogens (tertiary/aromatic N) is 2. The largest absolute Gasteiger partial charge is 0.503 e. The van der Waals surface area contributed by atoms with Crippen LogP contribution in [0.5, 0.6) is 11.5 Å². The van der Waals surface area contributed by atoms with Gasteiger partial charge in [-0.15, -0.1) is 0 Å². The second-order valence-electron chi connectivity index (χ2n) is 4.47. The number of phenolic OH excluding ortho intramolecular Hbond substituents is 1. The summed E-state index contributed by atoms with van der Waals surface area (Å²) in [5, 5.41) is 10.3. The van der Waals surface area contributed by atoms with Crippen molar-refractivity contribution in [2.75, 3.05) is 20.7 Å². The van der Waals surface area contributed by atoms with Crippen LogP contribution < -0.4 is 4.74 Å². The molecular formula is C14H15ClN2O3S. The normalized spacial score (nSPS) is 17.0. The van der Waals surface area contributed by atoms with Crippen LogP contribution in [0.2, 0.25) is 5.02 Å². The number of amides is 1. The van der Waals surface area contributed by atoms with E-state index in [0.29, 0.717) is 22.9 Å². The Kier molecular flexibility index (Phi) is 4.39. The number of likely N-dealkylation sites (N-methyl/N-ethyl adjacent to an activating group) is 2. The molecule has 7 heteroatoms. The lowest BCUT2D eigenvalue weighted by atomic mass is 10.1. The molecular weight excluding hydrogens is 312 g/mol. The average molecular weight is 327 g/mol. The van der Waals surface area contributed by atoms with Crippen LogP contribution in [0.3, 0.4) is 0 Å². The Labute approximate surface area is 133 Å². The molecule has 0 aromatic heterocycles. The van der Waals surface area contributed by atoms with Crippen molar-refractivity contribution in [1.82, 2.24) is 9.80 Å². The van der Waals surface area contributed by atoms with Crippen molar-refractivity contribution in [3.8, 4) is 11.5 Å². The Bertz CT molecular complexity index is 645. The van der Waals surface area contributed by atoms with Crippen LogP contribution in [0.1, 0.15) is 12.5 Å². The smallest absolute Gasteiger partial charge is 0.276 e. The topological polar surface area (TPSA) is 53.0 Å². The number of hydrogen-bond acceptors (Lipinski definition) is 4. The fourth-order valence-electron chi connectivity index (χ4n) is 2.08. The molecule has 2 rings (SSSR count). The number of phenols is 1. The van der Waals surface area contributed by atoms with Crippen LogP contribution in [-0.2, 0) is 4.79 Å². The van der Waals surface area contributed by atoms with Crippen molar-refractivity contribution in [3.63, 3.8) is 0 Å². The van der Waals surface area contributed by atoms with Gasteiger partial charge >= 0.3 is 0 Å². The summed E-state index contributed by atoms with van der Waals surface area (Å²) in [7, 11) is 3.17. The first kappa shape index (κ1) is 15.6. The molecule has 1 aromatic rings.